The molecule has 14 heavy (non-hydrogen) atoms. The zero-order chi connectivity index (χ0) is 10.1. The maximum absolute atomic E-state index is 6.05. The lowest BCUT2D eigenvalue weighted by Gasteiger charge is -2.29. The van der Waals surface area contributed by atoms with Gasteiger partial charge in [0.05, 0.1) is 0 Å². The zero-order valence-corrected chi connectivity index (χ0v) is 9.09. The number of hydrogen-bond donors (Lipinski definition) is 1. The van der Waals surface area contributed by atoms with E-state index in [1.54, 1.807) is 0 Å². The van der Waals surface area contributed by atoms with Gasteiger partial charge in [-0.15, -0.1) is 0 Å². The first-order valence-corrected chi connectivity index (χ1v) is 5.54. The molecule has 0 aliphatic heterocycles. The summed E-state index contributed by atoms with van der Waals surface area (Å²) in [5, 5.41) is 0. The van der Waals surface area contributed by atoms with Crippen LogP contribution in [0.1, 0.15) is 42.4 Å². The van der Waals surface area contributed by atoms with Crippen LogP contribution >= 0.6 is 0 Å². The third kappa shape index (κ3) is 1.57. The van der Waals surface area contributed by atoms with Crippen LogP contribution in [-0.4, -0.2) is 6.04 Å². The summed E-state index contributed by atoms with van der Waals surface area (Å²) < 4.78 is 0. The molecular formula is C13H19N. The predicted molar refractivity (Wildman–Crippen MR) is 60.5 cm³/mol. The summed E-state index contributed by atoms with van der Waals surface area (Å²) >= 11 is 0. The molecule has 2 rings (SSSR count). The SMILES string of the molecule is Cc1cccc2c1C(C(C)N)CCC2. The van der Waals surface area contributed by atoms with E-state index in [1.165, 1.54) is 36.0 Å². The molecule has 0 amide bonds. The second-order valence-electron chi connectivity index (χ2n) is 4.51. The van der Waals surface area contributed by atoms with E-state index >= 15 is 0 Å². The quantitative estimate of drug-likeness (QED) is 0.722. The van der Waals surface area contributed by atoms with Gasteiger partial charge in [0.25, 0.3) is 0 Å². The molecule has 0 saturated carbocycles. The van der Waals surface area contributed by atoms with Crippen LogP contribution < -0.4 is 5.73 Å². The maximum atomic E-state index is 6.05. The van der Waals surface area contributed by atoms with Gasteiger partial charge in [0.2, 0.25) is 0 Å². The zero-order valence-electron chi connectivity index (χ0n) is 9.09. The van der Waals surface area contributed by atoms with Gasteiger partial charge in [-0.25, -0.2) is 0 Å². The van der Waals surface area contributed by atoms with Gasteiger partial charge in [-0.05, 0) is 55.7 Å². The number of aryl methyl sites for hydroxylation is 2. The van der Waals surface area contributed by atoms with Gasteiger partial charge in [-0.2, -0.15) is 0 Å². The minimum atomic E-state index is 0.287. The van der Waals surface area contributed by atoms with Crippen molar-refractivity contribution in [3.63, 3.8) is 0 Å². The van der Waals surface area contributed by atoms with Crippen molar-refractivity contribution in [3.05, 3.63) is 34.9 Å². The Morgan fingerprint density at radius 3 is 2.93 bits per heavy atom. The van der Waals surface area contributed by atoms with Crippen molar-refractivity contribution in [2.24, 2.45) is 5.73 Å². The highest BCUT2D eigenvalue weighted by molar-refractivity contribution is 5.39. The summed E-state index contributed by atoms with van der Waals surface area (Å²) in [6.07, 6.45) is 3.79. The van der Waals surface area contributed by atoms with E-state index in [0.717, 1.165) is 0 Å². The van der Waals surface area contributed by atoms with Crippen LogP contribution in [0.2, 0.25) is 0 Å². The van der Waals surface area contributed by atoms with Crippen molar-refractivity contribution in [1.29, 1.82) is 0 Å². The van der Waals surface area contributed by atoms with E-state index in [2.05, 4.69) is 32.0 Å². The number of fused-ring (bicyclic) bond motifs is 1. The first-order chi connectivity index (χ1) is 6.70. The van der Waals surface area contributed by atoms with Crippen molar-refractivity contribution in [1.82, 2.24) is 0 Å². The average Bonchev–Trinajstić information content (AvgIpc) is 2.17. The topological polar surface area (TPSA) is 26.0 Å². The van der Waals surface area contributed by atoms with Gasteiger partial charge in [0, 0.05) is 6.04 Å². The Balaban J connectivity index is 2.47. The Hall–Kier alpha value is -0.820. The molecule has 76 valence electrons. The summed E-state index contributed by atoms with van der Waals surface area (Å²) in [5.74, 6) is 0.583. The molecule has 0 heterocycles. The minimum absolute atomic E-state index is 0.287. The summed E-state index contributed by atoms with van der Waals surface area (Å²) in [6, 6.07) is 6.92. The molecule has 1 aromatic carbocycles. The smallest absolute Gasteiger partial charge is 0.00795 e. The van der Waals surface area contributed by atoms with Crippen molar-refractivity contribution in [3.8, 4) is 0 Å². The van der Waals surface area contributed by atoms with Crippen molar-refractivity contribution >= 4 is 0 Å². The highest BCUT2D eigenvalue weighted by atomic mass is 14.6. The number of rotatable bonds is 1. The molecule has 1 nitrogen and oxygen atoms in total. The molecule has 1 aliphatic rings. The maximum Gasteiger partial charge on any atom is 0.00795 e. The van der Waals surface area contributed by atoms with Crippen molar-refractivity contribution in [2.45, 2.75) is 45.1 Å². The van der Waals surface area contributed by atoms with Gasteiger partial charge < -0.3 is 5.73 Å². The molecule has 0 spiro atoms. The van der Waals surface area contributed by atoms with E-state index in [4.69, 9.17) is 5.73 Å². The molecule has 0 saturated heterocycles. The highest BCUT2D eigenvalue weighted by Crippen LogP contribution is 2.35. The average molecular weight is 189 g/mol. The molecule has 0 bridgehead atoms. The van der Waals surface area contributed by atoms with E-state index in [0.29, 0.717) is 5.92 Å². The van der Waals surface area contributed by atoms with Crippen LogP contribution in [0.4, 0.5) is 0 Å². The van der Waals surface area contributed by atoms with Crippen LogP contribution in [0.5, 0.6) is 0 Å². The lowest BCUT2D eigenvalue weighted by atomic mass is 9.77. The molecule has 1 aromatic rings. The first kappa shape index (κ1) is 9.72. The van der Waals surface area contributed by atoms with Crippen molar-refractivity contribution < 1.29 is 0 Å². The lowest BCUT2D eigenvalue weighted by Crippen LogP contribution is -2.28. The van der Waals surface area contributed by atoms with Gasteiger partial charge >= 0.3 is 0 Å². The summed E-state index contributed by atoms with van der Waals surface area (Å²) in [7, 11) is 0. The third-order valence-corrected chi connectivity index (χ3v) is 3.38. The summed E-state index contributed by atoms with van der Waals surface area (Å²) in [4.78, 5) is 0. The fraction of sp³-hybridized carbons (Fsp3) is 0.538. The van der Waals surface area contributed by atoms with Crippen LogP contribution in [0, 0.1) is 6.92 Å². The molecule has 1 heteroatoms. The molecule has 2 atom stereocenters. The largest absolute Gasteiger partial charge is 0.327 e. The van der Waals surface area contributed by atoms with Crippen LogP contribution in [0.25, 0.3) is 0 Å². The standard InChI is InChI=1S/C13H19N/c1-9-5-3-6-11-7-4-8-12(10(2)14)13(9)11/h3,5-6,10,12H,4,7-8,14H2,1-2H3. The lowest BCUT2D eigenvalue weighted by molar-refractivity contribution is 0.483. The van der Waals surface area contributed by atoms with E-state index in [1.807, 2.05) is 0 Å². The molecule has 0 aromatic heterocycles. The van der Waals surface area contributed by atoms with Crippen molar-refractivity contribution in [2.75, 3.05) is 0 Å². The van der Waals surface area contributed by atoms with Gasteiger partial charge in [-0.1, -0.05) is 18.2 Å². The van der Waals surface area contributed by atoms with Gasteiger partial charge in [0.15, 0.2) is 0 Å². The normalized spacial score (nSPS) is 22.9. The van der Waals surface area contributed by atoms with Crippen LogP contribution in [-0.2, 0) is 6.42 Å². The van der Waals surface area contributed by atoms with E-state index in [-0.39, 0.29) is 6.04 Å². The second kappa shape index (κ2) is 3.74. The number of hydrogen-bond acceptors (Lipinski definition) is 1. The molecule has 2 N–H and O–H groups in total. The summed E-state index contributed by atoms with van der Waals surface area (Å²) in [5.41, 5.74) is 10.5. The molecule has 1 aliphatic carbocycles. The Bertz CT molecular complexity index is 328. The molecule has 0 fully saturated rings. The molecule has 2 unspecified atom stereocenters. The monoisotopic (exact) mass is 189 g/mol. The number of nitrogens with two attached hydrogens (primary N) is 1. The summed E-state index contributed by atoms with van der Waals surface area (Å²) in [6.45, 7) is 4.34. The fourth-order valence-corrected chi connectivity index (χ4v) is 2.67. The second-order valence-corrected chi connectivity index (χ2v) is 4.51. The molecule has 0 radical (unpaired) electrons. The Labute approximate surface area is 86.3 Å². The van der Waals surface area contributed by atoms with Gasteiger partial charge in [0.1, 0.15) is 0 Å². The Morgan fingerprint density at radius 1 is 1.43 bits per heavy atom. The fourth-order valence-electron chi connectivity index (χ4n) is 2.67. The third-order valence-electron chi connectivity index (χ3n) is 3.38. The van der Waals surface area contributed by atoms with Crippen LogP contribution in [0.3, 0.4) is 0 Å². The van der Waals surface area contributed by atoms with E-state index in [9.17, 15) is 0 Å². The highest BCUT2D eigenvalue weighted by Gasteiger charge is 2.24. The Kier molecular flexibility index (Phi) is 2.60. The van der Waals surface area contributed by atoms with E-state index < -0.39 is 0 Å². The first-order valence-electron chi connectivity index (χ1n) is 5.54. The van der Waals surface area contributed by atoms with Crippen LogP contribution in [0.15, 0.2) is 18.2 Å². The Morgan fingerprint density at radius 2 is 2.21 bits per heavy atom. The minimum Gasteiger partial charge on any atom is -0.327 e. The molecular weight excluding hydrogens is 170 g/mol. The number of benzene rings is 1. The predicted octanol–water partition coefficient (Wildman–Crippen LogP) is 2.76. The van der Waals surface area contributed by atoms with Gasteiger partial charge in [-0.3, -0.25) is 0 Å².